The van der Waals surface area contributed by atoms with E-state index >= 15 is 0 Å². The highest BCUT2D eigenvalue weighted by atomic mass is 16.4. The SMILES string of the molecule is c1coc(-c2ccc(CNCCc3c[nH]c4ccccc34)o2)c1. The van der Waals surface area contributed by atoms with Crippen LogP contribution in [-0.4, -0.2) is 11.5 Å². The van der Waals surface area contributed by atoms with Gasteiger partial charge in [0.05, 0.1) is 12.8 Å². The second-order valence-electron chi connectivity index (χ2n) is 5.53. The summed E-state index contributed by atoms with van der Waals surface area (Å²) >= 11 is 0. The monoisotopic (exact) mass is 306 g/mol. The zero-order valence-corrected chi connectivity index (χ0v) is 12.7. The van der Waals surface area contributed by atoms with Crippen LogP contribution in [0.3, 0.4) is 0 Å². The molecule has 1 aromatic carbocycles. The zero-order chi connectivity index (χ0) is 15.5. The first-order valence-electron chi connectivity index (χ1n) is 7.78. The number of para-hydroxylation sites is 1. The van der Waals surface area contributed by atoms with Crippen LogP contribution in [0.2, 0.25) is 0 Å². The number of fused-ring (bicyclic) bond motifs is 1. The lowest BCUT2D eigenvalue weighted by molar-refractivity contribution is 0.474. The van der Waals surface area contributed by atoms with Gasteiger partial charge in [0, 0.05) is 17.1 Å². The maximum atomic E-state index is 5.77. The summed E-state index contributed by atoms with van der Waals surface area (Å²) in [5.41, 5.74) is 2.53. The van der Waals surface area contributed by atoms with Gasteiger partial charge in [0.25, 0.3) is 0 Å². The normalized spacial score (nSPS) is 11.3. The van der Waals surface area contributed by atoms with Gasteiger partial charge in [-0.2, -0.15) is 0 Å². The summed E-state index contributed by atoms with van der Waals surface area (Å²) in [7, 11) is 0. The van der Waals surface area contributed by atoms with Crippen molar-refractivity contribution in [2.75, 3.05) is 6.54 Å². The van der Waals surface area contributed by atoms with Gasteiger partial charge in [-0.3, -0.25) is 0 Å². The first kappa shape index (κ1) is 13.9. The minimum Gasteiger partial charge on any atom is -0.461 e. The van der Waals surface area contributed by atoms with Crippen LogP contribution in [0.5, 0.6) is 0 Å². The second kappa shape index (κ2) is 6.18. The van der Waals surface area contributed by atoms with E-state index in [0.717, 1.165) is 30.2 Å². The van der Waals surface area contributed by atoms with Gasteiger partial charge in [0.1, 0.15) is 5.76 Å². The summed E-state index contributed by atoms with van der Waals surface area (Å²) in [5, 5.41) is 4.72. The molecule has 0 aliphatic rings. The molecule has 3 heterocycles. The lowest BCUT2D eigenvalue weighted by Gasteiger charge is -2.02. The van der Waals surface area contributed by atoms with Crippen LogP contribution < -0.4 is 5.32 Å². The molecule has 0 bridgehead atoms. The third-order valence-electron chi connectivity index (χ3n) is 3.97. The lowest BCUT2D eigenvalue weighted by Crippen LogP contribution is -2.16. The van der Waals surface area contributed by atoms with E-state index < -0.39 is 0 Å². The van der Waals surface area contributed by atoms with Gasteiger partial charge in [-0.25, -0.2) is 0 Å². The minimum atomic E-state index is 0.711. The summed E-state index contributed by atoms with van der Waals surface area (Å²) in [5.74, 6) is 2.44. The number of rotatable bonds is 6. The molecule has 4 heteroatoms. The standard InChI is InChI=1S/C19H18N2O2/c1-2-5-17-16(4-1)14(12-21-17)9-10-20-13-15-7-8-19(23-15)18-6-3-11-22-18/h1-8,11-12,20-21H,9-10,13H2. The average molecular weight is 306 g/mol. The largest absolute Gasteiger partial charge is 0.461 e. The van der Waals surface area contributed by atoms with E-state index in [-0.39, 0.29) is 0 Å². The van der Waals surface area contributed by atoms with Crippen LogP contribution in [-0.2, 0) is 13.0 Å². The average Bonchev–Trinajstić information content (AvgIpc) is 3.31. The molecule has 3 aromatic heterocycles. The molecular formula is C19H18N2O2. The van der Waals surface area contributed by atoms with Crippen molar-refractivity contribution in [3.63, 3.8) is 0 Å². The quantitative estimate of drug-likeness (QED) is 0.521. The summed E-state index contributed by atoms with van der Waals surface area (Å²) in [4.78, 5) is 3.31. The maximum absolute atomic E-state index is 5.77. The highest BCUT2D eigenvalue weighted by Gasteiger charge is 2.07. The molecule has 0 radical (unpaired) electrons. The first-order valence-corrected chi connectivity index (χ1v) is 7.78. The van der Waals surface area contributed by atoms with E-state index in [2.05, 4.69) is 34.7 Å². The molecule has 0 atom stereocenters. The number of H-pyrrole nitrogens is 1. The van der Waals surface area contributed by atoms with E-state index in [0.29, 0.717) is 6.54 Å². The summed E-state index contributed by atoms with van der Waals surface area (Å²) in [6.07, 6.45) is 4.72. The fourth-order valence-electron chi connectivity index (χ4n) is 2.80. The van der Waals surface area contributed by atoms with Crippen molar-refractivity contribution in [1.29, 1.82) is 0 Å². The number of hydrogen-bond acceptors (Lipinski definition) is 3. The van der Waals surface area contributed by atoms with Gasteiger partial charge < -0.3 is 19.1 Å². The van der Waals surface area contributed by atoms with Gasteiger partial charge in [-0.15, -0.1) is 0 Å². The first-order chi connectivity index (χ1) is 11.4. The van der Waals surface area contributed by atoms with E-state index in [4.69, 9.17) is 8.83 Å². The molecule has 23 heavy (non-hydrogen) atoms. The molecule has 0 aliphatic carbocycles. The van der Waals surface area contributed by atoms with Crippen LogP contribution in [0.1, 0.15) is 11.3 Å². The maximum Gasteiger partial charge on any atom is 0.169 e. The van der Waals surface area contributed by atoms with E-state index in [1.165, 1.54) is 16.5 Å². The topological polar surface area (TPSA) is 54.1 Å². The zero-order valence-electron chi connectivity index (χ0n) is 12.7. The molecule has 4 nitrogen and oxygen atoms in total. The van der Waals surface area contributed by atoms with Crippen molar-refractivity contribution < 1.29 is 8.83 Å². The number of nitrogens with one attached hydrogen (secondary N) is 2. The summed E-state index contributed by atoms with van der Waals surface area (Å²) < 4.78 is 11.1. The molecule has 0 unspecified atom stereocenters. The van der Waals surface area contributed by atoms with Crippen LogP contribution >= 0.6 is 0 Å². The molecule has 0 aliphatic heterocycles. The van der Waals surface area contributed by atoms with Crippen molar-refractivity contribution in [2.45, 2.75) is 13.0 Å². The van der Waals surface area contributed by atoms with E-state index in [1.807, 2.05) is 30.3 Å². The number of hydrogen-bond donors (Lipinski definition) is 2. The van der Waals surface area contributed by atoms with Gasteiger partial charge in [-0.1, -0.05) is 18.2 Å². The summed E-state index contributed by atoms with van der Waals surface area (Å²) in [6.45, 7) is 1.61. The summed E-state index contributed by atoms with van der Waals surface area (Å²) in [6, 6.07) is 16.1. The van der Waals surface area contributed by atoms with Gasteiger partial charge in [0.2, 0.25) is 0 Å². The van der Waals surface area contributed by atoms with Crippen molar-refractivity contribution >= 4 is 10.9 Å². The molecular weight excluding hydrogens is 288 g/mol. The Hall–Kier alpha value is -2.72. The Balaban J connectivity index is 1.32. The fourth-order valence-corrected chi connectivity index (χ4v) is 2.80. The van der Waals surface area contributed by atoms with Crippen molar-refractivity contribution in [3.05, 3.63) is 72.3 Å². The predicted molar refractivity (Wildman–Crippen MR) is 90.1 cm³/mol. The Bertz CT molecular complexity index is 887. The van der Waals surface area contributed by atoms with Crippen LogP contribution in [0.4, 0.5) is 0 Å². The van der Waals surface area contributed by atoms with Gasteiger partial charge in [0.15, 0.2) is 11.5 Å². The third-order valence-corrected chi connectivity index (χ3v) is 3.97. The molecule has 0 fully saturated rings. The van der Waals surface area contributed by atoms with Crippen LogP contribution in [0.25, 0.3) is 22.4 Å². The Morgan fingerprint density at radius 1 is 0.957 bits per heavy atom. The van der Waals surface area contributed by atoms with Crippen molar-refractivity contribution in [1.82, 2.24) is 10.3 Å². The van der Waals surface area contributed by atoms with Gasteiger partial charge in [-0.05, 0) is 48.9 Å². The van der Waals surface area contributed by atoms with Gasteiger partial charge >= 0.3 is 0 Å². The highest BCUT2D eigenvalue weighted by molar-refractivity contribution is 5.83. The van der Waals surface area contributed by atoms with Crippen LogP contribution in [0.15, 0.2) is 69.8 Å². The Labute approximate surface area is 134 Å². The molecule has 116 valence electrons. The number of benzene rings is 1. The Kier molecular flexibility index (Phi) is 3.74. The fraction of sp³-hybridized carbons (Fsp3) is 0.158. The number of aromatic nitrogens is 1. The minimum absolute atomic E-state index is 0.711. The third kappa shape index (κ3) is 2.94. The Morgan fingerprint density at radius 3 is 2.83 bits per heavy atom. The highest BCUT2D eigenvalue weighted by Crippen LogP contribution is 2.22. The molecule has 0 saturated carbocycles. The lowest BCUT2D eigenvalue weighted by atomic mass is 10.1. The second-order valence-corrected chi connectivity index (χ2v) is 5.53. The molecule has 0 amide bonds. The predicted octanol–water partition coefficient (Wildman–Crippen LogP) is 4.35. The van der Waals surface area contributed by atoms with Crippen molar-refractivity contribution in [3.8, 4) is 11.5 Å². The van der Waals surface area contributed by atoms with E-state index in [9.17, 15) is 0 Å². The van der Waals surface area contributed by atoms with Crippen LogP contribution in [0, 0.1) is 0 Å². The van der Waals surface area contributed by atoms with Crippen molar-refractivity contribution in [2.24, 2.45) is 0 Å². The van der Waals surface area contributed by atoms with E-state index in [1.54, 1.807) is 6.26 Å². The molecule has 4 aromatic rings. The smallest absolute Gasteiger partial charge is 0.169 e. The number of aromatic amines is 1. The number of furan rings is 2. The molecule has 0 saturated heterocycles. The molecule has 4 rings (SSSR count). The Morgan fingerprint density at radius 2 is 1.91 bits per heavy atom. The molecule has 0 spiro atoms. The molecule has 2 N–H and O–H groups in total.